The molecule has 21 heavy (non-hydrogen) atoms. The molecule has 1 heterocycles. The Morgan fingerprint density at radius 1 is 1.52 bits per heavy atom. The van der Waals surface area contributed by atoms with Crippen molar-refractivity contribution < 1.29 is 14.6 Å². The average molecular weight is 284 g/mol. The van der Waals surface area contributed by atoms with E-state index < -0.39 is 6.10 Å². The van der Waals surface area contributed by atoms with Crippen LogP contribution in [-0.4, -0.2) is 48.3 Å². The fourth-order valence-electron chi connectivity index (χ4n) is 2.04. The maximum absolute atomic E-state index is 12.4. The lowest BCUT2D eigenvalue weighted by atomic mass is 10.1. The molecule has 0 aliphatic carbocycles. The molecule has 0 saturated carbocycles. The number of carbonyl (C=O) groups excluding carboxylic acids is 1. The van der Waals surface area contributed by atoms with Crippen molar-refractivity contribution in [1.29, 1.82) is 5.26 Å². The van der Waals surface area contributed by atoms with E-state index in [4.69, 9.17) is 15.1 Å². The fourth-order valence-corrected chi connectivity index (χ4v) is 2.04. The Kier molecular flexibility index (Phi) is 5.34. The molecule has 1 N–H and O–H groups in total. The number of rotatable bonds is 2. The van der Waals surface area contributed by atoms with Crippen molar-refractivity contribution in [1.82, 2.24) is 4.90 Å². The van der Waals surface area contributed by atoms with Gasteiger partial charge in [-0.3, -0.25) is 4.79 Å². The number of ether oxygens (including phenoxy) is 1. The highest BCUT2D eigenvalue weighted by atomic mass is 16.5. The summed E-state index contributed by atoms with van der Waals surface area (Å²) in [6.07, 6.45) is -0.152. The molecule has 1 aromatic rings. The molecule has 1 unspecified atom stereocenters. The number of aliphatic hydroxyl groups is 1. The lowest BCUT2D eigenvalue weighted by molar-refractivity contribution is 0.00347. The lowest BCUT2D eigenvalue weighted by Gasteiger charge is -2.29. The quantitative estimate of drug-likeness (QED) is 0.815. The maximum atomic E-state index is 12.4. The Morgan fingerprint density at radius 3 is 3.14 bits per heavy atom. The molecule has 1 amide bonds. The first kappa shape index (κ1) is 15.1. The van der Waals surface area contributed by atoms with Crippen molar-refractivity contribution in [2.45, 2.75) is 12.5 Å². The summed E-state index contributed by atoms with van der Waals surface area (Å²) in [5.74, 6) is 5.61. The third-order valence-electron chi connectivity index (χ3n) is 3.08. The van der Waals surface area contributed by atoms with Gasteiger partial charge in [0.25, 0.3) is 5.91 Å². The highest BCUT2D eigenvalue weighted by Crippen LogP contribution is 2.12. The molecular weight excluding hydrogens is 268 g/mol. The van der Waals surface area contributed by atoms with E-state index in [1.165, 1.54) is 0 Å². The second-order valence-corrected chi connectivity index (χ2v) is 4.60. The Morgan fingerprint density at radius 2 is 2.38 bits per heavy atom. The molecule has 0 spiro atoms. The Bertz CT molecular complexity index is 610. The molecule has 1 aliphatic rings. The molecule has 0 bridgehead atoms. The summed E-state index contributed by atoms with van der Waals surface area (Å²) >= 11 is 0. The summed E-state index contributed by atoms with van der Waals surface area (Å²) in [4.78, 5) is 14.0. The molecule has 5 nitrogen and oxygen atoms in total. The van der Waals surface area contributed by atoms with E-state index in [1.807, 2.05) is 12.1 Å². The molecule has 1 aliphatic heterocycles. The first-order valence-electron chi connectivity index (χ1n) is 6.75. The molecule has 1 saturated heterocycles. The van der Waals surface area contributed by atoms with E-state index in [1.54, 1.807) is 23.1 Å². The number of hydrogen-bond donors (Lipinski definition) is 1. The number of carbonyl (C=O) groups is 1. The molecular formula is C16H16N2O3. The summed E-state index contributed by atoms with van der Waals surface area (Å²) < 4.78 is 5.23. The van der Waals surface area contributed by atoms with Gasteiger partial charge in [0.2, 0.25) is 0 Å². The minimum Gasteiger partial charge on any atom is -0.395 e. The SMILES string of the molecule is N#CC1CN(C(=O)c2cccc(C#CCCO)c2)CCO1. The van der Waals surface area contributed by atoms with Crippen LogP contribution in [0.5, 0.6) is 0 Å². The van der Waals surface area contributed by atoms with Crippen LogP contribution in [-0.2, 0) is 4.74 Å². The van der Waals surface area contributed by atoms with E-state index in [0.717, 1.165) is 5.56 Å². The Balaban J connectivity index is 2.11. The number of nitrogens with zero attached hydrogens (tertiary/aromatic N) is 2. The molecule has 2 rings (SSSR count). The van der Waals surface area contributed by atoms with E-state index in [0.29, 0.717) is 25.1 Å². The zero-order valence-electron chi connectivity index (χ0n) is 11.6. The van der Waals surface area contributed by atoms with Gasteiger partial charge < -0.3 is 14.7 Å². The molecule has 108 valence electrons. The van der Waals surface area contributed by atoms with Crippen molar-refractivity contribution in [2.24, 2.45) is 0 Å². The van der Waals surface area contributed by atoms with Gasteiger partial charge in [0.1, 0.15) is 0 Å². The van der Waals surface area contributed by atoms with Crippen molar-refractivity contribution in [2.75, 3.05) is 26.3 Å². The largest absolute Gasteiger partial charge is 0.395 e. The number of aliphatic hydroxyl groups excluding tert-OH is 1. The Labute approximate surface area is 123 Å². The van der Waals surface area contributed by atoms with Crippen LogP contribution in [0.25, 0.3) is 0 Å². The van der Waals surface area contributed by atoms with Crippen LogP contribution >= 0.6 is 0 Å². The minimum atomic E-state index is -0.560. The second kappa shape index (κ2) is 7.44. The average Bonchev–Trinajstić information content (AvgIpc) is 2.55. The van der Waals surface area contributed by atoms with Crippen LogP contribution in [0.3, 0.4) is 0 Å². The van der Waals surface area contributed by atoms with E-state index in [-0.39, 0.29) is 19.1 Å². The first-order chi connectivity index (χ1) is 10.2. The summed E-state index contributed by atoms with van der Waals surface area (Å²) in [6, 6.07) is 9.08. The topological polar surface area (TPSA) is 73.6 Å². The molecule has 1 atom stereocenters. The van der Waals surface area contributed by atoms with Gasteiger partial charge in [-0.25, -0.2) is 0 Å². The van der Waals surface area contributed by atoms with E-state index in [2.05, 4.69) is 11.8 Å². The molecule has 0 aromatic heterocycles. The lowest BCUT2D eigenvalue weighted by Crippen LogP contribution is -2.45. The van der Waals surface area contributed by atoms with Crippen LogP contribution in [0, 0.1) is 23.2 Å². The van der Waals surface area contributed by atoms with Crippen LogP contribution in [0.15, 0.2) is 24.3 Å². The summed E-state index contributed by atoms with van der Waals surface area (Å²) in [7, 11) is 0. The number of morpholine rings is 1. The monoisotopic (exact) mass is 284 g/mol. The molecule has 5 heteroatoms. The minimum absolute atomic E-state index is 0.0228. The van der Waals surface area contributed by atoms with Gasteiger partial charge in [-0.15, -0.1) is 0 Å². The number of nitriles is 1. The van der Waals surface area contributed by atoms with Crippen molar-refractivity contribution in [3.05, 3.63) is 35.4 Å². The smallest absolute Gasteiger partial charge is 0.254 e. The molecule has 1 fully saturated rings. The summed E-state index contributed by atoms with van der Waals surface area (Å²) in [5.41, 5.74) is 1.28. The predicted octanol–water partition coefficient (Wildman–Crippen LogP) is 0.785. The highest BCUT2D eigenvalue weighted by molar-refractivity contribution is 5.94. The third-order valence-corrected chi connectivity index (χ3v) is 3.08. The zero-order chi connectivity index (χ0) is 15.1. The molecule has 0 radical (unpaired) electrons. The van der Waals surface area contributed by atoms with Gasteiger partial charge in [0.05, 0.1) is 25.8 Å². The van der Waals surface area contributed by atoms with Gasteiger partial charge in [0.15, 0.2) is 6.10 Å². The van der Waals surface area contributed by atoms with E-state index in [9.17, 15) is 4.79 Å². The first-order valence-corrected chi connectivity index (χ1v) is 6.75. The summed E-state index contributed by atoms with van der Waals surface area (Å²) in [5, 5.41) is 17.6. The maximum Gasteiger partial charge on any atom is 0.254 e. The van der Waals surface area contributed by atoms with Crippen molar-refractivity contribution in [3.8, 4) is 17.9 Å². The van der Waals surface area contributed by atoms with E-state index >= 15 is 0 Å². The number of hydrogen-bond acceptors (Lipinski definition) is 4. The normalized spacial score (nSPS) is 17.5. The van der Waals surface area contributed by atoms with Gasteiger partial charge >= 0.3 is 0 Å². The van der Waals surface area contributed by atoms with Crippen LogP contribution < -0.4 is 0 Å². The highest BCUT2D eigenvalue weighted by Gasteiger charge is 2.24. The molecule has 1 aromatic carbocycles. The predicted molar refractivity (Wildman–Crippen MR) is 76.3 cm³/mol. The van der Waals surface area contributed by atoms with Crippen molar-refractivity contribution >= 4 is 5.91 Å². The van der Waals surface area contributed by atoms with Crippen LogP contribution in [0.2, 0.25) is 0 Å². The zero-order valence-corrected chi connectivity index (χ0v) is 11.6. The van der Waals surface area contributed by atoms with Gasteiger partial charge in [0, 0.05) is 24.1 Å². The second-order valence-electron chi connectivity index (χ2n) is 4.60. The van der Waals surface area contributed by atoms with Gasteiger partial charge in [-0.1, -0.05) is 17.9 Å². The third kappa shape index (κ3) is 4.06. The number of amides is 1. The van der Waals surface area contributed by atoms with Crippen molar-refractivity contribution in [3.63, 3.8) is 0 Å². The number of benzene rings is 1. The van der Waals surface area contributed by atoms with Gasteiger partial charge in [-0.2, -0.15) is 5.26 Å². The Hall–Kier alpha value is -2.34. The summed E-state index contributed by atoms with van der Waals surface area (Å²) in [6.45, 7) is 1.17. The van der Waals surface area contributed by atoms with Gasteiger partial charge in [-0.05, 0) is 18.2 Å². The van der Waals surface area contributed by atoms with Crippen LogP contribution in [0.1, 0.15) is 22.3 Å². The van der Waals surface area contributed by atoms with Crippen LogP contribution in [0.4, 0.5) is 0 Å². The standard InChI is InChI=1S/C16H16N2O3/c17-11-15-12-18(7-9-21-15)16(20)14-6-3-5-13(10-14)4-1-2-8-19/h3,5-6,10,15,19H,2,7-9,12H2. The fraction of sp³-hybridized carbons (Fsp3) is 0.375.